The zero-order chi connectivity index (χ0) is 16.7. The number of allylic oxidation sites excluding steroid dienone is 2. The molecule has 1 nitrogen and oxygen atoms in total. The van der Waals surface area contributed by atoms with E-state index in [9.17, 15) is 0 Å². The highest BCUT2D eigenvalue weighted by molar-refractivity contribution is 4.81. The molecule has 0 aliphatic rings. The molecule has 0 bridgehead atoms. The predicted molar refractivity (Wildman–Crippen MR) is 102 cm³/mol. The molecule has 1 atom stereocenters. The lowest BCUT2D eigenvalue weighted by atomic mass is 9.86. The van der Waals surface area contributed by atoms with Gasteiger partial charge in [-0.1, -0.05) is 77.4 Å². The highest BCUT2D eigenvalue weighted by Gasteiger charge is 2.19. The van der Waals surface area contributed by atoms with Gasteiger partial charge in [0, 0.05) is 5.54 Å². The lowest BCUT2D eigenvalue weighted by molar-refractivity contribution is 0.316. The van der Waals surface area contributed by atoms with Crippen molar-refractivity contribution in [3.05, 3.63) is 12.2 Å². The standard InChI is InChI=1S/C21H43N/c1-5-6-7-8-9-10-11-12-13-14-15-16-17-18-19-20(2)21(3,4)22/h12-13,20H,5-11,14-19,22H2,1-4H3. The fourth-order valence-corrected chi connectivity index (χ4v) is 2.72. The number of rotatable bonds is 15. The van der Waals surface area contributed by atoms with Gasteiger partial charge in [0.15, 0.2) is 0 Å². The second-order valence-electron chi connectivity index (χ2n) is 7.74. The number of unbranched alkanes of at least 4 members (excludes halogenated alkanes) is 10. The van der Waals surface area contributed by atoms with Crippen molar-refractivity contribution in [3.63, 3.8) is 0 Å². The predicted octanol–water partition coefficient (Wildman–Crippen LogP) is 7.01. The van der Waals surface area contributed by atoms with Crippen molar-refractivity contribution < 1.29 is 0 Å². The Balaban J connectivity index is 3.24. The molecule has 0 aromatic carbocycles. The first-order chi connectivity index (χ1) is 10.5. The van der Waals surface area contributed by atoms with Crippen molar-refractivity contribution in [1.82, 2.24) is 0 Å². The molecule has 0 rings (SSSR count). The summed E-state index contributed by atoms with van der Waals surface area (Å²) in [6.45, 7) is 8.85. The minimum atomic E-state index is -0.0146. The van der Waals surface area contributed by atoms with Crippen molar-refractivity contribution in [3.8, 4) is 0 Å². The fourth-order valence-electron chi connectivity index (χ4n) is 2.72. The van der Waals surface area contributed by atoms with Gasteiger partial charge in [0.25, 0.3) is 0 Å². The first-order valence-corrected chi connectivity index (χ1v) is 9.92. The highest BCUT2D eigenvalue weighted by Crippen LogP contribution is 2.20. The van der Waals surface area contributed by atoms with Crippen molar-refractivity contribution in [1.29, 1.82) is 0 Å². The Morgan fingerprint density at radius 2 is 1.23 bits per heavy atom. The molecule has 0 saturated carbocycles. The lowest BCUT2D eigenvalue weighted by Crippen LogP contribution is -2.39. The van der Waals surface area contributed by atoms with E-state index in [0.29, 0.717) is 5.92 Å². The van der Waals surface area contributed by atoms with Crippen LogP contribution in [0.2, 0.25) is 0 Å². The second-order valence-corrected chi connectivity index (χ2v) is 7.74. The maximum atomic E-state index is 6.12. The van der Waals surface area contributed by atoms with E-state index in [2.05, 4.69) is 39.8 Å². The Labute approximate surface area is 141 Å². The topological polar surface area (TPSA) is 26.0 Å². The van der Waals surface area contributed by atoms with Gasteiger partial charge in [0.1, 0.15) is 0 Å². The van der Waals surface area contributed by atoms with Gasteiger partial charge in [-0.15, -0.1) is 0 Å². The van der Waals surface area contributed by atoms with Crippen LogP contribution in [0, 0.1) is 5.92 Å². The molecule has 0 aliphatic carbocycles. The zero-order valence-corrected chi connectivity index (χ0v) is 16.0. The molecule has 0 aromatic heterocycles. The van der Waals surface area contributed by atoms with Crippen LogP contribution in [0.1, 0.15) is 111 Å². The third-order valence-corrected chi connectivity index (χ3v) is 4.92. The van der Waals surface area contributed by atoms with Crippen LogP contribution >= 0.6 is 0 Å². The first-order valence-electron chi connectivity index (χ1n) is 9.92. The molecular weight excluding hydrogens is 266 g/mol. The minimum Gasteiger partial charge on any atom is -0.325 e. The summed E-state index contributed by atoms with van der Waals surface area (Å²) in [5.41, 5.74) is 6.11. The van der Waals surface area contributed by atoms with Crippen molar-refractivity contribution in [2.24, 2.45) is 11.7 Å². The lowest BCUT2D eigenvalue weighted by Gasteiger charge is -2.27. The summed E-state index contributed by atoms with van der Waals surface area (Å²) in [4.78, 5) is 0. The Morgan fingerprint density at radius 1 is 0.773 bits per heavy atom. The summed E-state index contributed by atoms with van der Waals surface area (Å²) in [6.07, 6.45) is 22.5. The van der Waals surface area contributed by atoms with Gasteiger partial charge >= 0.3 is 0 Å². The monoisotopic (exact) mass is 309 g/mol. The second kappa shape index (κ2) is 14.3. The van der Waals surface area contributed by atoms with Gasteiger partial charge < -0.3 is 5.73 Å². The van der Waals surface area contributed by atoms with Crippen molar-refractivity contribution in [2.45, 2.75) is 117 Å². The van der Waals surface area contributed by atoms with Crippen LogP contribution in [0.5, 0.6) is 0 Å². The molecule has 132 valence electrons. The van der Waals surface area contributed by atoms with Crippen LogP contribution in [0.15, 0.2) is 12.2 Å². The van der Waals surface area contributed by atoms with Crippen LogP contribution in [-0.2, 0) is 0 Å². The number of hydrogen-bond donors (Lipinski definition) is 1. The van der Waals surface area contributed by atoms with Crippen LogP contribution in [-0.4, -0.2) is 5.54 Å². The Morgan fingerprint density at radius 3 is 1.73 bits per heavy atom. The average molecular weight is 310 g/mol. The molecule has 0 aromatic rings. The maximum absolute atomic E-state index is 6.12. The molecule has 22 heavy (non-hydrogen) atoms. The van der Waals surface area contributed by atoms with Crippen LogP contribution in [0.4, 0.5) is 0 Å². The Kier molecular flexibility index (Phi) is 14.1. The largest absolute Gasteiger partial charge is 0.325 e. The summed E-state index contributed by atoms with van der Waals surface area (Å²) in [6, 6.07) is 0. The van der Waals surface area contributed by atoms with Gasteiger partial charge in [0.05, 0.1) is 0 Å². The van der Waals surface area contributed by atoms with Crippen molar-refractivity contribution in [2.75, 3.05) is 0 Å². The fraction of sp³-hybridized carbons (Fsp3) is 0.905. The molecule has 1 heteroatoms. The highest BCUT2D eigenvalue weighted by atomic mass is 14.7. The van der Waals surface area contributed by atoms with E-state index in [1.165, 1.54) is 83.5 Å². The minimum absolute atomic E-state index is 0.0146. The molecule has 0 fully saturated rings. The van der Waals surface area contributed by atoms with Crippen molar-refractivity contribution >= 4 is 0 Å². The third kappa shape index (κ3) is 14.6. The number of hydrogen-bond acceptors (Lipinski definition) is 1. The van der Waals surface area contributed by atoms with Gasteiger partial charge in [-0.25, -0.2) is 0 Å². The molecule has 0 radical (unpaired) electrons. The van der Waals surface area contributed by atoms with Crippen LogP contribution < -0.4 is 5.73 Å². The van der Waals surface area contributed by atoms with Gasteiger partial charge in [-0.2, -0.15) is 0 Å². The quantitative estimate of drug-likeness (QED) is 0.255. The summed E-state index contributed by atoms with van der Waals surface area (Å²) in [5.74, 6) is 0.629. The number of nitrogens with two attached hydrogens (primary N) is 1. The summed E-state index contributed by atoms with van der Waals surface area (Å²) in [7, 11) is 0. The molecule has 0 aliphatic heterocycles. The third-order valence-electron chi connectivity index (χ3n) is 4.92. The summed E-state index contributed by atoms with van der Waals surface area (Å²) in [5, 5.41) is 0. The van der Waals surface area contributed by atoms with E-state index in [1.807, 2.05) is 0 Å². The zero-order valence-electron chi connectivity index (χ0n) is 16.0. The summed E-state index contributed by atoms with van der Waals surface area (Å²) < 4.78 is 0. The molecule has 0 amide bonds. The van der Waals surface area contributed by atoms with Gasteiger partial charge in [0.2, 0.25) is 0 Å². The van der Waals surface area contributed by atoms with Crippen LogP contribution in [0.25, 0.3) is 0 Å². The van der Waals surface area contributed by atoms with Gasteiger partial charge in [-0.05, 0) is 51.9 Å². The van der Waals surface area contributed by atoms with Gasteiger partial charge in [-0.3, -0.25) is 0 Å². The summed E-state index contributed by atoms with van der Waals surface area (Å²) >= 11 is 0. The Hall–Kier alpha value is -0.300. The molecular formula is C21H43N. The van der Waals surface area contributed by atoms with E-state index in [-0.39, 0.29) is 5.54 Å². The SMILES string of the molecule is CCCCCCCCC=CCCCCCCC(C)C(C)(C)N. The molecule has 0 heterocycles. The van der Waals surface area contributed by atoms with E-state index < -0.39 is 0 Å². The molecule has 0 saturated heterocycles. The average Bonchev–Trinajstić information content (AvgIpc) is 2.46. The molecule has 2 N–H and O–H groups in total. The Bertz CT molecular complexity index is 249. The van der Waals surface area contributed by atoms with E-state index in [4.69, 9.17) is 5.73 Å². The normalized spacial score (nSPS) is 13.9. The van der Waals surface area contributed by atoms with E-state index >= 15 is 0 Å². The van der Waals surface area contributed by atoms with E-state index in [0.717, 1.165) is 0 Å². The first kappa shape index (κ1) is 21.7. The van der Waals surface area contributed by atoms with E-state index in [1.54, 1.807) is 0 Å². The molecule has 1 unspecified atom stereocenters. The maximum Gasteiger partial charge on any atom is 0.0123 e. The van der Waals surface area contributed by atoms with Crippen LogP contribution in [0.3, 0.4) is 0 Å². The molecule has 0 spiro atoms. The smallest absolute Gasteiger partial charge is 0.0123 e.